The molecule has 8 aromatic rings. The van der Waals surface area contributed by atoms with Gasteiger partial charge in [0, 0.05) is 0 Å². The smallest absolute Gasteiger partial charge is 0.430 e. The van der Waals surface area contributed by atoms with Gasteiger partial charge in [0.05, 0.1) is 11.1 Å². The van der Waals surface area contributed by atoms with E-state index in [2.05, 4.69) is 5.73 Å². The van der Waals surface area contributed by atoms with Crippen LogP contribution in [0, 0.1) is 0 Å². The number of carboxylic acid groups (broad SMARTS) is 1. The van der Waals surface area contributed by atoms with Gasteiger partial charge in [-0.05, 0) is 57.6 Å². The van der Waals surface area contributed by atoms with E-state index in [1.807, 2.05) is 182 Å². The molecule has 77 heavy (non-hydrogen) atoms. The predicted octanol–water partition coefficient (Wildman–Crippen LogP) is 10.1. The second kappa shape index (κ2) is 28.4. The molecule has 3 N–H and O–H groups in total. The van der Waals surface area contributed by atoms with Crippen molar-refractivity contribution < 1.29 is 76.3 Å². The molecule has 1 atom stereocenters. The summed E-state index contributed by atoms with van der Waals surface area (Å²) in [6.45, 7) is 0.989. The Hall–Kier alpha value is -9.28. The van der Waals surface area contributed by atoms with E-state index in [0.717, 1.165) is 33.4 Å². The van der Waals surface area contributed by atoms with Gasteiger partial charge in [0.2, 0.25) is 11.5 Å². The first-order valence-electron chi connectivity index (χ1n) is 24.2. The van der Waals surface area contributed by atoms with Crippen LogP contribution < -0.4 is 39.3 Å². The predicted molar refractivity (Wildman–Crippen MR) is 276 cm³/mol. The van der Waals surface area contributed by atoms with Gasteiger partial charge in [-0.3, -0.25) is 0 Å². The van der Waals surface area contributed by atoms with Crippen molar-refractivity contribution in [3.63, 3.8) is 0 Å². The van der Waals surface area contributed by atoms with Gasteiger partial charge < -0.3 is 53.5 Å². The molecule has 13 nitrogen and oxygen atoms in total. The molecule has 0 aliphatic carbocycles. The molecule has 0 aliphatic rings. The second-order valence-electron chi connectivity index (χ2n) is 16.9. The molecule has 0 aliphatic heterocycles. The molecule has 0 saturated heterocycles. The third-order valence-corrected chi connectivity index (χ3v) is 11.1. The minimum atomic E-state index is -5.19. The molecule has 0 heterocycles. The lowest BCUT2D eigenvalue weighted by atomic mass is 10.1. The SMILES string of the molecule is O=C([O-])C(F)(F)F.[NH3+]CC(COC(=O)c1cc(OCc2ccccc2)c(OCc2ccccc2)c(OCc2ccccc2)c1)OC(=O)c1cc(OCc2ccccc2)c(OCc2ccccc2)c(OCc2ccccc2)c1. The number of carboxylic acids is 1. The zero-order valence-electron chi connectivity index (χ0n) is 41.6. The van der Waals surface area contributed by atoms with Gasteiger partial charge in [-0.2, -0.15) is 13.2 Å². The molecule has 1 unspecified atom stereocenters. The van der Waals surface area contributed by atoms with E-state index in [1.165, 1.54) is 0 Å². The first kappa shape index (κ1) is 55.5. The topological polar surface area (TPSA) is 176 Å². The number of aliphatic carboxylic acids is 1. The second-order valence-corrected chi connectivity index (χ2v) is 16.9. The Morgan fingerprint density at radius 3 is 0.909 bits per heavy atom. The van der Waals surface area contributed by atoms with Crippen LogP contribution >= 0.6 is 0 Å². The Kier molecular flexibility index (Phi) is 20.5. The molecule has 0 aromatic heterocycles. The number of carbonyl (C=O) groups excluding carboxylic acids is 3. The number of quaternary nitrogens is 1. The van der Waals surface area contributed by atoms with E-state index in [4.69, 9.17) is 47.8 Å². The Morgan fingerprint density at radius 2 is 0.662 bits per heavy atom. The monoisotopic (exact) mass is 1050 g/mol. The molecule has 0 spiro atoms. The number of esters is 2. The highest BCUT2D eigenvalue weighted by atomic mass is 19.4. The molecule has 16 heteroatoms. The third-order valence-electron chi connectivity index (χ3n) is 11.1. The van der Waals surface area contributed by atoms with Crippen LogP contribution in [-0.2, 0) is 53.9 Å². The molecular weight excluding hydrogens is 996 g/mol. The van der Waals surface area contributed by atoms with E-state index in [1.54, 1.807) is 24.3 Å². The summed E-state index contributed by atoms with van der Waals surface area (Å²) in [6, 6.07) is 64.4. The van der Waals surface area contributed by atoms with E-state index >= 15 is 0 Å². The highest BCUT2D eigenvalue weighted by Gasteiger charge is 2.29. The van der Waals surface area contributed by atoms with Crippen molar-refractivity contribution in [2.45, 2.75) is 51.9 Å². The summed E-state index contributed by atoms with van der Waals surface area (Å²) in [7, 11) is 0. The van der Waals surface area contributed by atoms with Crippen LogP contribution in [0.15, 0.2) is 206 Å². The molecular formula is C61H54F3NO12. The Labute approximate surface area is 443 Å². The maximum Gasteiger partial charge on any atom is 0.430 e. The number of rotatable bonds is 24. The normalized spacial score (nSPS) is 11.2. The third kappa shape index (κ3) is 17.7. The summed E-state index contributed by atoms with van der Waals surface area (Å²) in [5, 5.41) is 8.78. The van der Waals surface area contributed by atoms with Gasteiger partial charge in [-0.25, -0.2) is 9.59 Å². The van der Waals surface area contributed by atoms with Gasteiger partial charge >= 0.3 is 18.1 Å². The fraction of sp³-hybridized carbons (Fsp3) is 0.164. The van der Waals surface area contributed by atoms with Crippen LogP contribution in [0.3, 0.4) is 0 Å². The molecule has 396 valence electrons. The summed E-state index contributed by atoms with van der Waals surface area (Å²) in [5.41, 5.74) is 9.79. The molecule has 0 fully saturated rings. The van der Waals surface area contributed by atoms with E-state index < -0.39 is 30.2 Å². The maximum absolute atomic E-state index is 14.2. The van der Waals surface area contributed by atoms with Crippen molar-refractivity contribution in [3.05, 3.63) is 251 Å². The first-order chi connectivity index (χ1) is 37.4. The lowest BCUT2D eigenvalue weighted by molar-refractivity contribution is -0.384. The van der Waals surface area contributed by atoms with Crippen molar-refractivity contribution in [1.29, 1.82) is 0 Å². The number of hydrogen-bond donors (Lipinski definition) is 1. The minimum Gasteiger partial charge on any atom is -0.542 e. The van der Waals surface area contributed by atoms with Crippen molar-refractivity contribution in [2.24, 2.45) is 0 Å². The molecule has 0 bridgehead atoms. The number of benzene rings is 8. The molecule has 0 radical (unpaired) electrons. The van der Waals surface area contributed by atoms with Crippen LogP contribution in [0.5, 0.6) is 34.5 Å². The lowest BCUT2D eigenvalue weighted by Crippen LogP contribution is -2.57. The summed E-state index contributed by atoms with van der Waals surface area (Å²) in [6.07, 6.45) is -6.12. The zero-order valence-corrected chi connectivity index (χ0v) is 41.6. The molecule has 8 aromatic carbocycles. The van der Waals surface area contributed by atoms with Gasteiger partial charge in [0.1, 0.15) is 58.8 Å². The quantitative estimate of drug-likeness (QED) is 0.0568. The standard InChI is InChI=1S/C59H53NO10.C2HF3O2/c60-35-51(70-59(62)50-33-54(65-38-45-23-11-3-12-24-45)57(68-41-48-29-17-6-18-30-48)55(34-50)66-39-46-25-13-4-14-26-46)42-69-58(61)49-31-52(63-36-43-19-7-1-8-20-43)56(67-40-47-27-15-5-16-28-47)53(32-49)64-37-44-21-9-2-10-22-44;3-2(4,5)1(6)7/h1-34,51H,35-42,60H2;(H,6,7). The number of ether oxygens (including phenoxy) is 8. The largest absolute Gasteiger partial charge is 0.542 e. The number of halogens is 3. The van der Waals surface area contributed by atoms with Crippen LogP contribution in [0.4, 0.5) is 13.2 Å². The fourth-order valence-electron chi connectivity index (χ4n) is 7.15. The number of hydrogen-bond acceptors (Lipinski definition) is 12. The van der Waals surface area contributed by atoms with Gasteiger partial charge in [0.15, 0.2) is 29.1 Å². The summed E-state index contributed by atoms with van der Waals surface area (Å²) in [5.74, 6) is -2.64. The van der Waals surface area contributed by atoms with Crippen LogP contribution in [0.2, 0.25) is 0 Å². The summed E-state index contributed by atoms with van der Waals surface area (Å²) < 4.78 is 81.7. The van der Waals surface area contributed by atoms with Crippen molar-refractivity contribution in [2.75, 3.05) is 13.2 Å². The van der Waals surface area contributed by atoms with Gasteiger partial charge in [-0.1, -0.05) is 182 Å². The van der Waals surface area contributed by atoms with E-state index in [-0.39, 0.29) is 86.9 Å². The van der Waals surface area contributed by atoms with Crippen molar-refractivity contribution in [3.8, 4) is 34.5 Å². The average Bonchev–Trinajstić information content (AvgIpc) is 3.46. The number of alkyl halides is 3. The van der Waals surface area contributed by atoms with Gasteiger partial charge in [-0.15, -0.1) is 0 Å². The highest BCUT2D eigenvalue weighted by molar-refractivity contribution is 5.92. The first-order valence-corrected chi connectivity index (χ1v) is 24.2. The average molecular weight is 1050 g/mol. The van der Waals surface area contributed by atoms with Crippen LogP contribution in [0.1, 0.15) is 54.1 Å². The summed E-state index contributed by atoms with van der Waals surface area (Å²) in [4.78, 5) is 37.0. The lowest BCUT2D eigenvalue weighted by Gasteiger charge is -2.20. The summed E-state index contributed by atoms with van der Waals surface area (Å²) >= 11 is 0. The fourth-order valence-corrected chi connectivity index (χ4v) is 7.15. The van der Waals surface area contributed by atoms with Crippen LogP contribution in [0.25, 0.3) is 0 Å². The molecule has 8 rings (SSSR count). The Bertz CT molecular complexity index is 2970. The van der Waals surface area contributed by atoms with Crippen molar-refractivity contribution >= 4 is 17.9 Å². The maximum atomic E-state index is 14.2. The molecule has 0 saturated carbocycles. The zero-order chi connectivity index (χ0) is 54.2. The molecule has 0 amide bonds. The van der Waals surface area contributed by atoms with Crippen molar-refractivity contribution in [1.82, 2.24) is 0 Å². The van der Waals surface area contributed by atoms with Crippen LogP contribution in [-0.4, -0.2) is 43.3 Å². The van der Waals surface area contributed by atoms with Gasteiger partial charge in [0.25, 0.3) is 0 Å². The van der Waals surface area contributed by atoms with E-state index in [9.17, 15) is 22.8 Å². The Morgan fingerprint density at radius 1 is 0.416 bits per heavy atom. The minimum absolute atomic E-state index is 0.0924. The number of carbonyl (C=O) groups is 3. The Balaban J connectivity index is 0.00000115. The van der Waals surface area contributed by atoms with E-state index in [0.29, 0.717) is 11.5 Å². The highest BCUT2D eigenvalue weighted by Crippen LogP contribution is 2.42.